The van der Waals surface area contributed by atoms with Gasteiger partial charge in [0.25, 0.3) is 0 Å². The van der Waals surface area contributed by atoms with Gasteiger partial charge in [-0.2, -0.15) is 0 Å². The van der Waals surface area contributed by atoms with Gasteiger partial charge in [-0.15, -0.1) is 0 Å². The van der Waals surface area contributed by atoms with E-state index < -0.39 is 0 Å². The van der Waals surface area contributed by atoms with E-state index in [4.69, 9.17) is 5.73 Å². The molecule has 2 N–H and O–H groups in total. The number of nitrogens with two attached hydrogens (primary N) is 1. The highest BCUT2D eigenvalue weighted by Crippen LogP contribution is 2.42. The lowest BCUT2D eigenvalue weighted by molar-refractivity contribution is 0.159. The molecule has 2 unspecified atom stereocenters. The zero-order chi connectivity index (χ0) is 12.7. The molecule has 1 fully saturated rings. The fraction of sp³-hybridized carbons (Fsp3) is 0.600. The number of nitrogens with zero attached hydrogens (tertiary/aromatic N) is 1. The van der Waals surface area contributed by atoms with E-state index in [1.54, 1.807) is 0 Å². The molecule has 0 aromatic heterocycles. The van der Waals surface area contributed by atoms with Crippen LogP contribution in [0.1, 0.15) is 36.4 Å². The van der Waals surface area contributed by atoms with Gasteiger partial charge in [0, 0.05) is 23.1 Å². The van der Waals surface area contributed by atoms with Crippen LogP contribution in [-0.2, 0) is 6.42 Å². The van der Waals surface area contributed by atoms with E-state index in [-0.39, 0.29) is 0 Å². The lowest BCUT2D eigenvalue weighted by Crippen LogP contribution is -2.41. The first kappa shape index (κ1) is 12.6. The Bertz CT molecular complexity index is 442. The molecule has 0 bridgehead atoms. The summed E-state index contributed by atoms with van der Waals surface area (Å²) < 4.78 is 1.20. The second-order valence-electron chi connectivity index (χ2n) is 5.70. The number of likely N-dealkylation sites (N-methyl/N-ethyl adjacent to an activating group) is 1. The normalized spacial score (nSPS) is 24.3. The van der Waals surface area contributed by atoms with Gasteiger partial charge < -0.3 is 5.73 Å². The average molecular weight is 309 g/mol. The van der Waals surface area contributed by atoms with Crippen LogP contribution in [-0.4, -0.2) is 24.5 Å². The Hall–Kier alpha value is -0.380. The smallest absolute Gasteiger partial charge is 0.0354 e. The van der Waals surface area contributed by atoms with E-state index in [0.717, 1.165) is 12.5 Å². The van der Waals surface area contributed by atoms with Crippen molar-refractivity contribution in [3.05, 3.63) is 33.8 Å². The first-order valence-corrected chi connectivity index (χ1v) is 7.70. The highest BCUT2D eigenvalue weighted by atomic mass is 79.9. The summed E-state index contributed by atoms with van der Waals surface area (Å²) in [6, 6.07) is 7.87. The highest BCUT2D eigenvalue weighted by Gasteiger charge is 2.37. The summed E-state index contributed by atoms with van der Waals surface area (Å²) >= 11 is 3.56. The SMILES string of the molecule is CN(C1CCc2cc(Br)ccc21)C(CN)C1CC1. The van der Waals surface area contributed by atoms with Gasteiger partial charge >= 0.3 is 0 Å². The molecule has 1 aromatic carbocycles. The number of rotatable bonds is 4. The summed E-state index contributed by atoms with van der Waals surface area (Å²) in [4.78, 5) is 2.54. The minimum atomic E-state index is 0.572. The van der Waals surface area contributed by atoms with Crippen molar-refractivity contribution in [3.8, 4) is 0 Å². The van der Waals surface area contributed by atoms with Gasteiger partial charge in [-0.05, 0) is 61.9 Å². The van der Waals surface area contributed by atoms with Gasteiger partial charge in [0.2, 0.25) is 0 Å². The Kier molecular flexibility index (Phi) is 3.48. The molecule has 98 valence electrons. The van der Waals surface area contributed by atoms with Crippen molar-refractivity contribution in [3.63, 3.8) is 0 Å². The molecule has 0 spiro atoms. The van der Waals surface area contributed by atoms with Gasteiger partial charge in [0.1, 0.15) is 0 Å². The van der Waals surface area contributed by atoms with E-state index in [2.05, 4.69) is 46.1 Å². The van der Waals surface area contributed by atoms with Gasteiger partial charge in [0.15, 0.2) is 0 Å². The molecule has 3 rings (SSSR count). The standard InChI is InChI=1S/C15H21BrN2/c1-18(15(9-17)10-2-3-10)14-7-4-11-8-12(16)5-6-13(11)14/h5-6,8,10,14-15H,2-4,7,9,17H2,1H3. The van der Waals surface area contributed by atoms with E-state index in [9.17, 15) is 0 Å². The molecule has 0 radical (unpaired) electrons. The summed E-state index contributed by atoms with van der Waals surface area (Å²) in [5.74, 6) is 0.847. The summed E-state index contributed by atoms with van der Waals surface area (Å²) in [5, 5.41) is 0. The fourth-order valence-corrected chi connectivity index (χ4v) is 3.80. The Morgan fingerprint density at radius 3 is 2.83 bits per heavy atom. The Balaban J connectivity index is 1.82. The Morgan fingerprint density at radius 1 is 1.39 bits per heavy atom. The topological polar surface area (TPSA) is 29.3 Å². The third kappa shape index (κ3) is 2.24. The maximum Gasteiger partial charge on any atom is 0.0354 e. The van der Waals surface area contributed by atoms with Crippen molar-refractivity contribution in [2.24, 2.45) is 11.7 Å². The molecule has 0 aliphatic heterocycles. The number of hydrogen-bond acceptors (Lipinski definition) is 2. The summed E-state index contributed by atoms with van der Waals surface area (Å²) in [6.07, 6.45) is 5.18. The van der Waals surface area contributed by atoms with Crippen LogP contribution in [0, 0.1) is 5.92 Å². The van der Waals surface area contributed by atoms with Crippen LogP contribution in [0.3, 0.4) is 0 Å². The quantitative estimate of drug-likeness (QED) is 0.926. The van der Waals surface area contributed by atoms with E-state index >= 15 is 0 Å². The largest absolute Gasteiger partial charge is 0.329 e. The summed E-state index contributed by atoms with van der Waals surface area (Å²) in [6.45, 7) is 0.795. The minimum absolute atomic E-state index is 0.572. The number of halogens is 1. The first-order valence-electron chi connectivity index (χ1n) is 6.91. The van der Waals surface area contributed by atoms with E-state index in [1.165, 1.54) is 41.3 Å². The third-order valence-corrected chi connectivity index (χ3v) is 5.07. The molecule has 2 atom stereocenters. The average Bonchev–Trinajstić information content (AvgIpc) is 3.09. The van der Waals surface area contributed by atoms with E-state index in [1.807, 2.05) is 0 Å². The van der Waals surface area contributed by atoms with Crippen molar-refractivity contribution in [1.29, 1.82) is 0 Å². The number of hydrogen-bond donors (Lipinski definition) is 1. The van der Waals surface area contributed by atoms with Crippen LogP contribution in [0.15, 0.2) is 22.7 Å². The highest BCUT2D eigenvalue weighted by molar-refractivity contribution is 9.10. The Labute approximate surface area is 118 Å². The molecule has 18 heavy (non-hydrogen) atoms. The van der Waals surface area contributed by atoms with Gasteiger partial charge in [0.05, 0.1) is 0 Å². The third-order valence-electron chi connectivity index (χ3n) is 4.57. The molecule has 0 saturated heterocycles. The zero-order valence-electron chi connectivity index (χ0n) is 10.9. The maximum absolute atomic E-state index is 5.98. The lowest BCUT2D eigenvalue weighted by atomic mass is 10.0. The number of aryl methyl sites for hydroxylation is 1. The second kappa shape index (κ2) is 4.95. The van der Waals surface area contributed by atoms with Crippen molar-refractivity contribution >= 4 is 15.9 Å². The van der Waals surface area contributed by atoms with E-state index in [0.29, 0.717) is 12.1 Å². The maximum atomic E-state index is 5.98. The molecule has 3 heteroatoms. The molecular weight excluding hydrogens is 288 g/mol. The molecule has 2 aliphatic rings. The monoisotopic (exact) mass is 308 g/mol. The van der Waals surface area contributed by atoms with Crippen molar-refractivity contribution < 1.29 is 0 Å². The Morgan fingerprint density at radius 2 is 2.17 bits per heavy atom. The molecule has 1 aromatic rings. The van der Waals surface area contributed by atoms with Crippen LogP contribution in [0.25, 0.3) is 0 Å². The van der Waals surface area contributed by atoms with Crippen LogP contribution in [0.2, 0.25) is 0 Å². The fourth-order valence-electron chi connectivity index (χ4n) is 3.39. The minimum Gasteiger partial charge on any atom is -0.329 e. The predicted octanol–water partition coefficient (Wildman–Crippen LogP) is 3.11. The van der Waals surface area contributed by atoms with Crippen LogP contribution >= 0.6 is 15.9 Å². The molecule has 2 aliphatic carbocycles. The zero-order valence-corrected chi connectivity index (χ0v) is 12.5. The van der Waals surface area contributed by atoms with Gasteiger partial charge in [-0.1, -0.05) is 22.0 Å². The van der Waals surface area contributed by atoms with Gasteiger partial charge in [-0.25, -0.2) is 0 Å². The number of fused-ring (bicyclic) bond motifs is 1. The summed E-state index contributed by atoms with van der Waals surface area (Å²) in [5.41, 5.74) is 9.00. The lowest BCUT2D eigenvalue weighted by Gasteiger charge is -2.33. The predicted molar refractivity (Wildman–Crippen MR) is 78.5 cm³/mol. The molecule has 1 saturated carbocycles. The van der Waals surface area contributed by atoms with Crippen LogP contribution < -0.4 is 5.73 Å². The number of benzene rings is 1. The first-order chi connectivity index (χ1) is 8.70. The molecule has 0 heterocycles. The summed E-state index contributed by atoms with van der Waals surface area (Å²) in [7, 11) is 2.26. The molecule has 2 nitrogen and oxygen atoms in total. The molecular formula is C15H21BrN2. The van der Waals surface area contributed by atoms with Crippen molar-refractivity contribution in [2.45, 2.75) is 37.8 Å². The van der Waals surface area contributed by atoms with Crippen molar-refractivity contribution in [2.75, 3.05) is 13.6 Å². The second-order valence-corrected chi connectivity index (χ2v) is 6.62. The van der Waals surface area contributed by atoms with Crippen molar-refractivity contribution in [1.82, 2.24) is 4.90 Å². The van der Waals surface area contributed by atoms with Crippen LogP contribution in [0.5, 0.6) is 0 Å². The van der Waals surface area contributed by atoms with Gasteiger partial charge in [-0.3, -0.25) is 4.90 Å². The van der Waals surface area contributed by atoms with Crippen LogP contribution in [0.4, 0.5) is 0 Å². The molecule has 0 amide bonds.